The Kier molecular flexibility index (Phi) is 10.6. The number of carbonyl (C=O) groups excluding carboxylic acids is 3. The van der Waals surface area contributed by atoms with E-state index in [0.29, 0.717) is 37.8 Å². The minimum absolute atomic E-state index is 0.0779. The number of aromatic nitrogens is 6. The molecule has 1 atom stereocenters. The summed E-state index contributed by atoms with van der Waals surface area (Å²) in [5.41, 5.74) is 5.23. The Balaban J connectivity index is 0.667. The Bertz CT molecular complexity index is 2690. The van der Waals surface area contributed by atoms with E-state index in [0.717, 1.165) is 96.7 Å². The maximum atomic E-state index is 13.2. The molecule has 1 spiro atoms. The molecule has 4 fully saturated rings. The van der Waals surface area contributed by atoms with E-state index in [-0.39, 0.29) is 37.4 Å². The smallest absolute Gasteiger partial charge is 0.329 e. The highest BCUT2D eigenvalue weighted by Gasteiger charge is 2.52. The monoisotopic (exact) mass is 894 g/mol. The van der Waals surface area contributed by atoms with Gasteiger partial charge in [-0.3, -0.25) is 34.6 Å². The number of H-pyrrole nitrogens is 1. The Labute approximate surface area is 371 Å². The number of pyridine rings is 2. The van der Waals surface area contributed by atoms with Crippen molar-refractivity contribution in [3.05, 3.63) is 82.7 Å². The predicted octanol–water partition coefficient (Wildman–Crippen LogP) is 6.67. The number of likely N-dealkylation sites (tertiary alicyclic amines) is 1. The van der Waals surface area contributed by atoms with Crippen molar-refractivity contribution in [2.24, 2.45) is 12.5 Å². The van der Waals surface area contributed by atoms with Gasteiger partial charge in [-0.2, -0.15) is 10.2 Å². The summed E-state index contributed by atoms with van der Waals surface area (Å²) >= 11 is 14.7. The first-order valence-corrected chi connectivity index (χ1v) is 22.2. The average Bonchev–Trinajstić information content (AvgIpc) is 3.80. The van der Waals surface area contributed by atoms with Gasteiger partial charge in [0.05, 0.1) is 27.6 Å². The van der Waals surface area contributed by atoms with Crippen molar-refractivity contribution in [1.29, 1.82) is 0 Å². The second kappa shape index (κ2) is 16.3. The van der Waals surface area contributed by atoms with Gasteiger partial charge in [-0.15, -0.1) is 0 Å². The number of rotatable bonds is 11. The average molecular weight is 896 g/mol. The second-order valence-electron chi connectivity index (χ2n) is 16.6. The number of fused-ring (bicyclic) bond motifs is 2. The van der Waals surface area contributed by atoms with Crippen LogP contribution in [-0.2, 0) is 16.6 Å². The SMILES string of the molecule is C[C@@H](Oc1ccc2[nH]nc(-c3ccc(N4CC5(CN(SC6CCN(C(=O)CNc7ccc8c(N9CCC(=O)NC9=O)nn(C)c8c7)CC6)C5)C4)nc3)c2c1)c1c(Cl)cncc1Cl. The van der Waals surface area contributed by atoms with Crippen LogP contribution in [0.15, 0.2) is 67.1 Å². The van der Waals surface area contributed by atoms with Gasteiger partial charge in [-0.25, -0.2) is 14.1 Å². The Hall–Kier alpha value is -5.62. The van der Waals surface area contributed by atoms with Crippen molar-refractivity contribution in [2.75, 3.05) is 67.5 Å². The fourth-order valence-electron chi connectivity index (χ4n) is 9.00. The lowest BCUT2D eigenvalue weighted by molar-refractivity contribution is -0.130. The first kappa shape index (κ1) is 40.5. The molecule has 4 amide bonds. The molecular formula is C43H44Cl2N12O4S. The first-order valence-electron chi connectivity index (χ1n) is 20.7. The fraction of sp³-hybridized carbons (Fsp3) is 0.372. The van der Waals surface area contributed by atoms with Crippen molar-refractivity contribution < 1.29 is 19.1 Å². The number of carbonyl (C=O) groups is 3. The van der Waals surface area contributed by atoms with Gasteiger partial charge in [-0.1, -0.05) is 35.1 Å². The van der Waals surface area contributed by atoms with Crippen LogP contribution in [-0.4, -0.2) is 115 Å². The number of aryl methyl sites for hydroxylation is 1. The molecule has 0 aliphatic carbocycles. The number of nitrogens with one attached hydrogen (secondary N) is 3. The zero-order valence-electron chi connectivity index (χ0n) is 34.1. The molecule has 3 N–H and O–H groups in total. The summed E-state index contributed by atoms with van der Waals surface area (Å²) in [5, 5.41) is 21.1. The van der Waals surface area contributed by atoms with Gasteiger partial charge in [0, 0.05) is 116 Å². The van der Waals surface area contributed by atoms with Crippen molar-refractivity contribution in [3.8, 4) is 17.0 Å². The number of aromatic amines is 1. The third kappa shape index (κ3) is 7.75. The molecule has 8 heterocycles. The number of benzene rings is 2. The van der Waals surface area contributed by atoms with Crippen LogP contribution in [0.25, 0.3) is 33.1 Å². The Morgan fingerprint density at radius 1 is 0.984 bits per heavy atom. The zero-order valence-corrected chi connectivity index (χ0v) is 36.4. The summed E-state index contributed by atoms with van der Waals surface area (Å²) in [6.07, 6.45) is 6.80. The Morgan fingerprint density at radius 2 is 1.77 bits per heavy atom. The van der Waals surface area contributed by atoms with Gasteiger partial charge in [-0.05, 0) is 68.3 Å². The van der Waals surface area contributed by atoms with Crippen LogP contribution in [0.5, 0.6) is 5.75 Å². The molecule has 320 valence electrons. The van der Waals surface area contributed by atoms with E-state index in [2.05, 4.69) is 52.3 Å². The number of piperidine rings is 1. The number of hydrogen-bond donors (Lipinski definition) is 3. The lowest BCUT2D eigenvalue weighted by Gasteiger charge is -2.60. The maximum Gasteiger partial charge on any atom is 0.329 e. The van der Waals surface area contributed by atoms with Crippen LogP contribution in [0.3, 0.4) is 0 Å². The van der Waals surface area contributed by atoms with E-state index in [1.165, 1.54) is 4.90 Å². The number of imide groups is 1. The van der Waals surface area contributed by atoms with Crippen molar-refractivity contribution in [3.63, 3.8) is 0 Å². The first-order chi connectivity index (χ1) is 30.0. The van der Waals surface area contributed by atoms with Crippen LogP contribution >= 0.6 is 35.1 Å². The molecule has 0 bridgehead atoms. The van der Waals surface area contributed by atoms with Gasteiger partial charge in [0.15, 0.2) is 5.82 Å². The molecule has 4 aliphatic heterocycles. The summed E-state index contributed by atoms with van der Waals surface area (Å²) < 4.78 is 10.5. The van der Waals surface area contributed by atoms with Gasteiger partial charge >= 0.3 is 6.03 Å². The summed E-state index contributed by atoms with van der Waals surface area (Å²) in [4.78, 5) is 51.9. The molecule has 62 heavy (non-hydrogen) atoms. The highest BCUT2D eigenvalue weighted by atomic mass is 35.5. The van der Waals surface area contributed by atoms with Crippen molar-refractivity contribution >= 4 is 92.1 Å². The molecule has 4 aliphatic rings. The van der Waals surface area contributed by atoms with Gasteiger partial charge < -0.3 is 19.9 Å². The molecule has 0 unspecified atom stereocenters. The quantitative estimate of drug-likeness (QED) is 0.118. The number of ether oxygens (including phenoxy) is 1. The second-order valence-corrected chi connectivity index (χ2v) is 18.8. The van der Waals surface area contributed by atoms with E-state index < -0.39 is 6.03 Å². The Morgan fingerprint density at radius 3 is 2.52 bits per heavy atom. The molecule has 16 nitrogen and oxygen atoms in total. The standard InChI is InChI=1S/C43H44Cl2N12O4S/c1-25(39-32(44)18-46-19-33(39)45)61-28-5-7-34-31(16-28)40(51-50-34)26-3-8-36(48-17-26)55-21-43(22-55)23-56(24-43)62-29-9-12-54(13-10-29)38(59)20-47-27-4-6-30-35(15-27)53(2)52-41(30)57-14-11-37(58)49-42(57)60/h3-8,15-19,25,29,47H,9-14,20-24H2,1-2H3,(H,50,51)(H,49,58,60)/t25-/m1/s1. The molecular weight excluding hydrogens is 852 g/mol. The van der Waals surface area contributed by atoms with Crippen LogP contribution in [0, 0.1) is 5.41 Å². The number of amides is 4. The minimum atomic E-state index is -0.469. The fourth-order valence-corrected chi connectivity index (χ4v) is 11.2. The molecule has 10 rings (SSSR count). The molecule has 0 radical (unpaired) electrons. The summed E-state index contributed by atoms with van der Waals surface area (Å²) in [6, 6.07) is 15.2. The normalized spacial score (nSPS) is 18.5. The van der Waals surface area contributed by atoms with E-state index in [1.54, 1.807) is 17.1 Å². The van der Waals surface area contributed by atoms with Crippen LogP contribution in [0.4, 0.5) is 22.1 Å². The number of halogens is 2. The van der Waals surface area contributed by atoms with E-state index in [4.69, 9.17) is 32.9 Å². The summed E-state index contributed by atoms with van der Waals surface area (Å²) in [7, 11) is 1.81. The van der Waals surface area contributed by atoms with E-state index in [1.807, 2.05) is 73.4 Å². The number of urea groups is 1. The van der Waals surface area contributed by atoms with E-state index in [9.17, 15) is 14.4 Å². The molecule has 0 saturated carbocycles. The lowest BCUT2D eigenvalue weighted by atomic mass is 9.74. The molecule has 2 aromatic carbocycles. The topological polar surface area (TPSA) is 170 Å². The van der Waals surface area contributed by atoms with Crippen LogP contribution < -0.4 is 25.2 Å². The molecule has 4 aromatic heterocycles. The predicted molar refractivity (Wildman–Crippen MR) is 241 cm³/mol. The molecule has 19 heteroatoms. The largest absolute Gasteiger partial charge is 0.486 e. The van der Waals surface area contributed by atoms with E-state index >= 15 is 0 Å². The maximum absolute atomic E-state index is 13.2. The number of nitrogens with zero attached hydrogens (tertiary/aromatic N) is 9. The van der Waals surface area contributed by atoms with Crippen LogP contribution in [0.2, 0.25) is 10.0 Å². The number of anilines is 3. The van der Waals surface area contributed by atoms with Crippen molar-refractivity contribution in [2.45, 2.75) is 37.5 Å². The highest BCUT2D eigenvalue weighted by Crippen LogP contribution is 2.46. The highest BCUT2D eigenvalue weighted by molar-refractivity contribution is 7.97. The zero-order chi connectivity index (χ0) is 42.7. The number of hydrogen-bond acceptors (Lipinski definition) is 12. The third-order valence-corrected chi connectivity index (χ3v) is 14.2. The summed E-state index contributed by atoms with van der Waals surface area (Å²) in [6.45, 7) is 7.97. The van der Waals surface area contributed by atoms with Crippen LogP contribution in [0.1, 0.15) is 37.9 Å². The van der Waals surface area contributed by atoms with Gasteiger partial charge in [0.1, 0.15) is 23.4 Å². The minimum Gasteiger partial charge on any atom is -0.486 e. The van der Waals surface area contributed by atoms with Gasteiger partial charge in [0.25, 0.3) is 0 Å². The summed E-state index contributed by atoms with van der Waals surface area (Å²) in [5.74, 6) is 1.94. The van der Waals surface area contributed by atoms with Crippen molar-refractivity contribution in [1.82, 2.24) is 44.5 Å². The molecule has 6 aromatic rings. The third-order valence-electron chi connectivity index (χ3n) is 12.2. The molecule has 4 saturated heterocycles. The lowest BCUT2D eigenvalue weighted by Crippen LogP contribution is -2.71. The van der Waals surface area contributed by atoms with Gasteiger partial charge in [0.2, 0.25) is 11.8 Å².